The van der Waals surface area contributed by atoms with Crippen molar-refractivity contribution in [3.05, 3.63) is 35.9 Å². The number of para-hydroxylation sites is 2. The van der Waals surface area contributed by atoms with Gasteiger partial charge in [0.2, 0.25) is 0 Å². The van der Waals surface area contributed by atoms with Gasteiger partial charge in [-0.3, -0.25) is 9.79 Å². The summed E-state index contributed by atoms with van der Waals surface area (Å²) in [6.07, 6.45) is 2.82. The molecule has 1 atom stereocenters. The highest BCUT2D eigenvalue weighted by molar-refractivity contribution is 14.0. The highest BCUT2D eigenvalue weighted by Crippen LogP contribution is 2.31. The number of aromatic nitrogens is 3. The number of carbonyl (C=O) groups is 1. The van der Waals surface area contributed by atoms with E-state index < -0.39 is 0 Å². The van der Waals surface area contributed by atoms with Crippen LogP contribution in [-0.4, -0.2) is 52.9 Å². The van der Waals surface area contributed by atoms with Gasteiger partial charge in [0.25, 0.3) is 5.91 Å². The van der Waals surface area contributed by atoms with E-state index in [2.05, 4.69) is 20.7 Å². The van der Waals surface area contributed by atoms with Crippen LogP contribution in [0.3, 0.4) is 0 Å². The summed E-state index contributed by atoms with van der Waals surface area (Å²) in [5.74, 6) is 3.29. The number of amides is 1. The Balaban J connectivity index is 0.00000272. The third kappa shape index (κ3) is 5.46. The van der Waals surface area contributed by atoms with Gasteiger partial charge in [0.1, 0.15) is 17.4 Å². The van der Waals surface area contributed by atoms with Crippen molar-refractivity contribution < 1.29 is 9.53 Å². The van der Waals surface area contributed by atoms with Crippen molar-refractivity contribution in [1.82, 2.24) is 25.4 Å². The Morgan fingerprint density at radius 3 is 3.03 bits per heavy atom. The van der Waals surface area contributed by atoms with E-state index in [1.165, 1.54) is 0 Å². The van der Waals surface area contributed by atoms with Crippen LogP contribution in [-0.2, 0) is 11.3 Å². The molecule has 1 unspecified atom stereocenters. The minimum absolute atomic E-state index is 0. The van der Waals surface area contributed by atoms with Crippen LogP contribution in [0.5, 0.6) is 5.75 Å². The molecule has 1 aromatic carbocycles. The molecule has 1 amide bonds. The summed E-state index contributed by atoms with van der Waals surface area (Å²) in [5.41, 5.74) is 0.833. The monoisotopic (exact) mass is 539 g/mol. The lowest BCUT2D eigenvalue weighted by Gasteiger charge is -2.29. The van der Waals surface area contributed by atoms with Crippen LogP contribution >= 0.6 is 24.0 Å². The molecule has 0 saturated carbocycles. The van der Waals surface area contributed by atoms with Gasteiger partial charge in [-0.1, -0.05) is 12.1 Å². The van der Waals surface area contributed by atoms with Gasteiger partial charge in [0.15, 0.2) is 12.6 Å². The quantitative estimate of drug-likeness (QED) is 0.254. The normalized spacial score (nSPS) is 17.9. The zero-order valence-corrected chi connectivity index (χ0v) is 20.3. The lowest BCUT2D eigenvalue weighted by atomic mass is 10.1. The molecule has 0 fully saturated rings. The number of halogens is 1. The maximum atomic E-state index is 12.3. The molecule has 2 aliphatic heterocycles. The smallest absolute Gasteiger partial charge is 0.265 e. The Morgan fingerprint density at radius 1 is 1.35 bits per heavy atom. The summed E-state index contributed by atoms with van der Waals surface area (Å²) in [7, 11) is 0. The molecular weight excluding hydrogens is 509 g/mol. The predicted octanol–water partition coefficient (Wildman–Crippen LogP) is 2.41. The van der Waals surface area contributed by atoms with Crippen molar-refractivity contribution in [3.8, 4) is 5.75 Å². The van der Waals surface area contributed by atoms with Gasteiger partial charge in [0, 0.05) is 26.2 Å². The van der Waals surface area contributed by atoms with E-state index in [4.69, 9.17) is 9.73 Å². The van der Waals surface area contributed by atoms with Crippen LogP contribution in [0.1, 0.15) is 43.9 Å². The maximum absolute atomic E-state index is 12.3. The number of carbonyl (C=O) groups excluding carboxylic acids is 1. The SMILES string of the molecule is CCNC(=NCCCN1C(=O)COc2ccccc21)NC1CCCn2nc(C)nc21.I. The van der Waals surface area contributed by atoms with Gasteiger partial charge in [-0.05, 0) is 45.2 Å². The molecule has 0 aliphatic carbocycles. The molecule has 2 aliphatic rings. The number of aliphatic imine (C=N–C) groups is 1. The number of aryl methyl sites for hydroxylation is 2. The maximum Gasteiger partial charge on any atom is 0.265 e. The second-order valence-corrected chi connectivity index (χ2v) is 7.50. The van der Waals surface area contributed by atoms with Crippen LogP contribution in [0.15, 0.2) is 29.3 Å². The zero-order valence-electron chi connectivity index (χ0n) is 18.0. The van der Waals surface area contributed by atoms with E-state index in [0.29, 0.717) is 13.1 Å². The second-order valence-electron chi connectivity index (χ2n) is 7.50. The lowest BCUT2D eigenvalue weighted by Crippen LogP contribution is -2.42. The summed E-state index contributed by atoms with van der Waals surface area (Å²) in [6.45, 7) is 6.98. The number of nitrogens with one attached hydrogen (secondary N) is 2. The summed E-state index contributed by atoms with van der Waals surface area (Å²) in [6, 6.07) is 7.75. The fourth-order valence-corrected chi connectivity index (χ4v) is 3.91. The molecule has 0 spiro atoms. The number of guanidine groups is 1. The van der Waals surface area contributed by atoms with Crippen molar-refractivity contribution in [2.45, 2.75) is 45.7 Å². The summed E-state index contributed by atoms with van der Waals surface area (Å²) in [5, 5.41) is 11.3. The van der Waals surface area contributed by atoms with Crippen molar-refractivity contribution >= 4 is 41.5 Å². The molecule has 1 aromatic heterocycles. The molecular formula is C21H30IN7O2. The molecule has 168 valence electrons. The molecule has 9 nitrogen and oxygen atoms in total. The largest absolute Gasteiger partial charge is 0.482 e. The van der Waals surface area contributed by atoms with Gasteiger partial charge < -0.3 is 20.3 Å². The number of hydrogen-bond donors (Lipinski definition) is 2. The molecule has 2 aromatic rings. The molecule has 4 rings (SSSR count). The first-order chi connectivity index (χ1) is 14.7. The summed E-state index contributed by atoms with van der Waals surface area (Å²) < 4.78 is 7.49. The first-order valence-electron chi connectivity index (χ1n) is 10.6. The number of rotatable bonds is 6. The molecule has 2 N–H and O–H groups in total. The fourth-order valence-electron chi connectivity index (χ4n) is 3.91. The van der Waals surface area contributed by atoms with E-state index >= 15 is 0 Å². The van der Waals surface area contributed by atoms with E-state index in [1.54, 1.807) is 4.90 Å². The van der Waals surface area contributed by atoms with Gasteiger partial charge in [-0.2, -0.15) is 5.10 Å². The summed E-state index contributed by atoms with van der Waals surface area (Å²) in [4.78, 5) is 23.4. The van der Waals surface area contributed by atoms with Crippen LogP contribution in [0.2, 0.25) is 0 Å². The average Bonchev–Trinajstić information content (AvgIpc) is 3.13. The third-order valence-electron chi connectivity index (χ3n) is 5.25. The Labute approximate surface area is 199 Å². The van der Waals surface area contributed by atoms with Crippen LogP contribution in [0.4, 0.5) is 5.69 Å². The summed E-state index contributed by atoms with van der Waals surface area (Å²) >= 11 is 0. The predicted molar refractivity (Wildman–Crippen MR) is 130 cm³/mol. The first-order valence-corrected chi connectivity index (χ1v) is 10.6. The number of benzene rings is 1. The Kier molecular flexibility index (Phi) is 8.10. The van der Waals surface area contributed by atoms with Crippen LogP contribution in [0, 0.1) is 6.92 Å². The number of ether oxygens (including phenoxy) is 1. The van der Waals surface area contributed by atoms with Crippen molar-refractivity contribution in [2.75, 3.05) is 31.1 Å². The van der Waals surface area contributed by atoms with Gasteiger partial charge in [0.05, 0.1) is 11.7 Å². The van der Waals surface area contributed by atoms with E-state index in [9.17, 15) is 4.79 Å². The Hall–Kier alpha value is -2.37. The molecule has 0 bridgehead atoms. The molecule has 0 radical (unpaired) electrons. The molecule has 10 heteroatoms. The van der Waals surface area contributed by atoms with Gasteiger partial charge in [-0.15, -0.1) is 24.0 Å². The van der Waals surface area contributed by atoms with E-state index in [0.717, 1.165) is 61.4 Å². The minimum atomic E-state index is -0.0142. The van der Waals surface area contributed by atoms with Crippen molar-refractivity contribution in [1.29, 1.82) is 0 Å². The lowest BCUT2D eigenvalue weighted by molar-refractivity contribution is -0.121. The molecule has 31 heavy (non-hydrogen) atoms. The van der Waals surface area contributed by atoms with Crippen molar-refractivity contribution in [2.24, 2.45) is 4.99 Å². The second kappa shape index (κ2) is 10.8. The molecule has 0 saturated heterocycles. The first kappa shape index (κ1) is 23.3. The van der Waals surface area contributed by atoms with Gasteiger partial charge in [-0.25, -0.2) is 9.67 Å². The number of hydrogen-bond acceptors (Lipinski definition) is 5. The van der Waals surface area contributed by atoms with Crippen LogP contribution in [0.25, 0.3) is 0 Å². The van der Waals surface area contributed by atoms with E-state index in [-0.39, 0.29) is 42.5 Å². The number of anilines is 1. The van der Waals surface area contributed by atoms with Crippen LogP contribution < -0.4 is 20.3 Å². The average molecular weight is 539 g/mol. The van der Waals surface area contributed by atoms with Crippen molar-refractivity contribution in [3.63, 3.8) is 0 Å². The highest BCUT2D eigenvalue weighted by Gasteiger charge is 2.25. The third-order valence-corrected chi connectivity index (χ3v) is 5.25. The Bertz CT molecular complexity index is 930. The number of fused-ring (bicyclic) bond motifs is 2. The zero-order chi connectivity index (χ0) is 20.9. The topological polar surface area (TPSA) is 96.7 Å². The Morgan fingerprint density at radius 2 is 2.19 bits per heavy atom. The number of nitrogens with zero attached hydrogens (tertiary/aromatic N) is 5. The van der Waals surface area contributed by atoms with E-state index in [1.807, 2.05) is 42.8 Å². The van der Waals surface area contributed by atoms with Gasteiger partial charge >= 0.3 is 0 Å². The highest BCUT2D eigenvalue weighted by atomic mass is 127. The molecule has 3 heterocycles. The standard InChI is InChI=1S/C21H29N7O2.HI/c1-3-22-21(25-16-8-6-13-28-20(16)24-15(2)26-28)23-11-7-12-27-17-9-4-5-10-18(17)30-14-19(27)29;/h4-5,9-10,16H,3,6-8,11-14H2,1-2H3,(H2,22,23,25);1H. The minimum Gasteiger partial charge on any atom is -0.482 e. The fraction of sp³-hybridized carbons (Fsp3) is 0.524.